The zero-order chi connectivity index (χ0) is 16.2. The molecule has 3 heterocycles. The molecule has 0 N–H and O–H groups in total. The van der Waals surface area contributed by atoms with Gasteiger partial charge >= 0.3 is 0 Å². The van der Waals surface area contributed by atoms with Crippen molar-refractivity contribution >= 4 is 11.8 Å². The maximum Gasteiger partial charge on any atom is 0.254 e. The van der Waals surface area contributed by atoms with Gasteiger partial charge in [0, 0.05) is 57.4 Å². The van der Waals surface area contributed by atoms with Crippen LogP contribution < -0.4 is 4.74 Å². The largest absolute Gasteiger partial charge is 0.472 e. The van der Waals surface area contributed by atoms with E-state index in [1.165, 1.54) is 0 Å². The van der Waals surface area contributed by atoms with Crippen molar-refractivity contribution in [3.05, 3.63) is 23.9 Å². The average Bonchev–Trinajstić information content (AvgIpc) is 3.07. The van der Waals surface area contributed by atoms with Crippen LogP contribution in [0, 0.1) is 0 Å². The maximum atomic E-state index is 12.6. The van der Waals surface area contributed by atoms with Gasteiger partial charge in [-0.25, -0.2) is 4.98 Å². The van der Waals surface area contributed by atoms with E-state index >= 15 is 0 Å². The molecule has 0 bridgehead atoms. The van der Waals surface area contributed by atoms with E-state index in [4.69, 9.17) is 9.47 Å². The fraction of sp³-hybridized carbons (Fsp3) is 0.562. The molecule has 7 nitrogen and oxygen atoms in total. The number of ether oxygens (including phenoxy) is 2. The normalized spacial score (nSPS) is 21.3. The molecule has 23 heavy (non-hydrogen) atoms. The summed E-state index contributed by atoms with van der Waals surface area (Å²) in [6, 6.07) is 3.37. The predicted octanol–water partition coefficient (Wildman–Crippen LogP) is 0.554. The molecule has 124 valence electrons. The van der Waals surface area contributed by atoms with Crippen LogP contribution in [0.2, 0.25) is 0 Å². The number of carbonyl (C=O) groups is 2. The Hall–Kier alpha value is -2.15. The average molecular weight is 319 g/mol. The van der Waals surface area contributed by atoms with E-state index in [1.807, 2.05) is 0 Å². The van der Waals surface area contributed by atoms with E-state index in [0.717, 1.165) is 6.42 Å². The quantitative estimate of drug-likeness (QED) is 0.814. The van der Waals surface area contributed by atoms with Crippen molar-refractivity contribution < 1.29 is 19.1 Å². The molecule has 7 heteroatoms. The summed E-state index contributed by atoms with van der Waals surface area (Å²) in [7, 11) is 0. The zero-order valence-electron chi connectivity index (χ0n) is 13.2. The lowest BCUT2D eigenvalue weighted by atomic mass is 10.2. The summed E-state index contributed by atoms with van der Waals surface area (Å²) in [5, 5.41) is 0. The van der Waals surface area contributed by atoms with Gasteiger partial charge in [-0.1, -0.05) is 0 Å². The molecule has 1 aromatic heterocycles. The monoisotopic (exact) mass is 319 g/mol. The smallest absolute Gasteiger partial charge is 0.254 e. The van der Waals surface area contributed by atoms with E-state index in [9.17, 15) is 9.59 Å². The first kappa shape index (κ1) is 15.7. The van der Waals surface area contributed by atoms with Gasteiger partial charge in [0.2, 0.25) is 11.8 Å². The molecular formula is C16H21N3O4. The van der Waals surface area contributed by atoms with Crippen LogP contribution in [0.3, 0.4) is 0 Å². The molecule has 2 saturated heterocycles. The highest BCUT2D eigenvalue weighted by Gasteiger charge is 2.24. The summed E-state index contributed by atoms with van der Waals surface area (Å²) < 4.78 is 11.0. The minimum absolute atomic E-state index is 0.00645. The van der Waals surface area contributed by atoms with E-state index in [1.54, 1.807) is 35.1 Å². The minimum atomic E-state index is -0.0527. The Morgan fingerprint density at radius 2 is 2.00 bits per heavy atom. The second kappa shape index (κ2) is 6.95. The maximum absolute atomic E-state index is 12.6. The zero-order valence-corrected chi connectivity index (χ0v) is 13.2. The minimum Gasteiger partial charge on any atom is -0.472 e. The molecule has 3 rings (SSSR count). The molecule has 2 amide bonds. The van der Waals surface area contributed by atoms with E-state index in [0.29, 0.717) is 50.8 Å². The Labute approximate surface area is 135 Å². The van der Waals surface area contributed by atoms with Gasteiger partial charge in [0.25, 0.3) is 5.91 Å². The molecule has 0 aromatic carbocycles. The van der Waals surface area contributed by atoms with Crippen LogP contribution in [0.5, 0.6) is 5.88 Å². The van der Waals surface area contributed by atoms with Gasteiger partial charge in [-0.05, 0) is 6.07 Å². The summed E-state index contributed by atoms with van der Waals surface area (Å²) in [6.45, 7) is 5.07. The van der Waals surface area contributed by atoms with Crippen molar-refractivity contribution in [1.29, 1.82) is 0 Å². The van der Waals surface area contributed by atoms with Crippen molar-refractivity contribution in [3.63, 3.8) is 0 Å². The lowest BCUT2D eigenvalue weighted by Crippen LogP contribution is -2.50. The highest BCUT2D eigenvalue weighted by Crippen LogP contribution is 2.17. The number of aromatic nitrogens is 1. The number of hydrogen-bond donors (Lipinski definition) is 0. The molecule has 0 aliphatic carbocycles. The van der Waals surface area contributed by atoms with Gasteiger partial charge in [0.1, 0.15) is 6.10 Å². The van der Waals surface area contributed by atoms with Crippen LogP contribution >= 0.6 is 0 Å². The molecule has 1 atom stereocenters. The number of piperazine rings is 1. The summed E-state index contributed by atoms with van der Waals surface area (Å²) >= 11 is 0. The topological polar surface area (TPSA) is 72.0 Å². The molecule has 2 fully saturated rings. The number of nitrogens with zero attached hydrogens (tertiary/aromatic N) is 3. The summed E-state index contributed by atoms with van der Waals surface area (Å²) in [4.78, 5) is 31.6. The molecular weight excluding hydrogens is 298 g/mol. The number of carbonyl (C=O) groups excluding carboxylic acids is 2. The highest BCUT2D eigenvalue weighted by atomic mass is 16.5. The third-order valence-corrected chi connectivity index (χ3v) is 4.17. The molecule has 2 aliphatic heterocycles. The molecule has 1 aromatic rings. The predicted molar refractivity (Wildman–Crippen MR) is 82.2 cm³/mol. The number of amides is 2. The molecule has 0 saturated carbocycles. The Bertz CT molecular complexity index is 578. The van der Waals surface area contributed by atoms with Gasteiger partial charge in [-0.15, -0.1) is 0 Å². The Morgan fingerprint density at radius 3 is 2.65 bits per heavy atom. The van der Waals surface area contributed by atoms with E-state index < -0.39 is 0 Å². The third-order valence-electron chi connectivity index (χ3n) is 4.17. The fourth-order valence-corrected chi connectivity index (χ4v) is 2.79. The number of hydrogen-bond acceptors (Lipinski definition) is 5. The molecule has 0 spiro atoms. The lowest BCUT2D eigenvalue weighted by Gasteiger charge is -2.34. The van der Waals surface area contributed by atoms with Crippen LogP contribution in [-0.4, -0.2) is 72.1 Å². The highest BCUT2D eigenvalue weighted by molar-refractivity contribution is 5.94. The first-order chi connectivity index (χ1) is 11.1. The first-order valence-corrected chi connectivity index (χ1v) is 7.89. The van der Waals surface area contributed by atoms with Gasteiger partial charge in [0.15, 0.2) is 0 Å². The molecule has 0 radical (unpaired) electrons. The van der Waals surface area contributed by atoms with E-state index in [2.05, 4.69) is 4.98 Å². The van der Waals surface area contributed by atoms with Crippen LogP contribution in [0.25, 0.3) is 0 Å². The first-order valence-electron chi connectivity index (χ1n) is 7.89. The van der Waals surface area contributed by atoms with Gasteiger partial charge in [0.05, 0.1) is 13.2 Å². The van der Waals surface area contributed by atoms with Crippen molar-refractivity contribution in [3.8, 4) is 5.88 Å². The summed E-state index contributed by atoms with van der Waals surface area (Å²) in [5.74, 6) is 0.451. The second-order valence-corrected chi connectivity index (χ2v) is 5.78. The lowest BCUT2D eigenvalue weighted by molar-refractivity contribution is -0.130. The Morgan fingerprint density at radius 1 is 1.26 bits per heavy atom. The fourth-order valence-electron chi connectivity index (χ4n) is 2.79. The van der Waals surface area contributed by atoms with Crippen LogP contribution in [0.15, 0.2) is 18.3 Å². The van der Waals surface area contributed by atoms with Crippen LogP contribution in [0.4, 0.5) is 0 Å². The summed E-state index contributed by atoms with van der Waals surface area (Å²) in [6.07, 6.45) is 2.43. The van der Waals surface area contributed by atoms with Crippen molar-refractivity contribution in [2.45, 2.75) is 19.4 Å². The van der Waals surface area contributed by atoms with Crippen LogP contribution in [-0.2, 0) is 9.53 Å². The summed E-state index contributed by atoms with van der Waals surface area (Å²) in [5.41, 5.74) is 0.560. The van der Waals surface area contributed by atoms with E-state index in [-0.39, 0.29) is 17.9 Å². The third kappa shape index (κ3) is 3.79. The van der Waals surface area contributed by atoms with Crippen molar-refractivity contribution in [2.75, 3.05) is 39.4 Å². The number of rotatable bonds is 3. The Kier molecular flexibility index (Phi) is 4.76. The van der Waals surface area contributed by atoms with Gasteiger partial charge in [-0.3, -0.25) is 9.59 Å². The molecule has 1 unspecified atom stereocenters. The Balaban J connectivity index is 1.62. The van der Waals surface area contributed by atoms with Crippen molar-refractivity contribution in [2.24, 2.45) is 0 Å². The van der Waals surface area contributed by atoms with Crippen LogP contribution in [0.1, 0.15) is 23.7 Å². The number of pyridine rings is 1. The van der Waals surface area contributed by atoms with Crippen molar-refractivity contribution in [1.82, 2.24) is 14.8 Å². The van der Waals surface area contributed by atoms with Gasteiger partial charge < -0.3 is 19.3 Å². The standard InChI is InChI=1S/C16H21N3O4/c1-12(20)18-5-7-19(8-6-18)16(21)13-2-4-17-15(10-13)23-14-3-9-22-11-14/h2,4,10,14H,3,5-9,11H2,1H3. The van der Waals surface area contributed by atoms with Gasteiger partial charge in [-0.2, -0.15) is 0 Å². The second-order valence-electron chi connectivity index (χ2n) is 5.78. The molecule has 2 aliphatic rings. The SMILES string of the molecule is CC(=O)N1CCN(C(=O)c2ccnc(OC3CCOC3)c2)CC1.